The molecule has 0 amide bonds. The summed E-state index contributed by atoms with van der Waals surface area (Å²) in [7, 11) is -1.56. The summed E-state index contributed by atoms with van der Waals surface area (Å²) < 4.78 is 31.0. The molecule has 134 valence electrons. The number of hydrogen-bond donors (Lipinski definition) is 1. The van der Waals surface area contributed by atoms with Crippen LogP contribution >= 0.6 is 0 Å². The molecule has 0 atom stereocenters. The van der Waals surface area contributed by atoms with Crippen LogP contribution in [-0.2, 0) is 10.0 Å². The van der Waals surface area contributed by atoms with Gasteiger partial charge in [-0.15, -0.1) is 0 Å². The lowest BCUT2D eigenvalue weighted by Crippen LogP contribution is -2.24. The first-order valence-electron chi connectivity index (χ1n) is 8.37. The topological polar surface area (TPSA) is 75.3 Å². The fraction of sp³-hybridized carbons (Fsp3) is 0.211. The Morgan fingerprint density at radius 1 is 1.15 bits per heavy atom. The Balaban J connectivity index is 1.67. The van der Waals surface area contributed by atoms with E-state index in [2.05, 4.69) is 10.2 Å². The maximum atomic E-state index is 12.2. The molecular formula is C19H19N3O3S. The number of benzene rings is 2. The van der Waals surface area contributed by atoms with Gasteiger partial charge in [0.05, 0.1) is 29.8 Å². The van der Waals surface area contributed by atoms with E-state index in [4.69, 9.17) is 4.74 Å². The highest BCUT2D eigenvalue weighted by Crippen LogP contribution is 2.29. The second kappa shape index (κ2) is 6.49. The van der Waals surface area contributed by atoms with Gasteiger partial charge in [-0.25, -0.2) is 8.42 Å². The zero-order valence-electron chi connectivity index (χ0n) is 14.3. The van der Waals surface area contributed by atoms with Crippen molar-refractivity contribution in [3.63, 3.8) is 0 Å². The fourth-order valence-electron chi connectivity index (χ4n) is 3.12. The van der Waals surface area contributed by atoms with Crippen molar-refractivity contribution < 1.29 is 13.2 Å². The monoisotopic (exact) mass is 369 g/mol. The van der Waals surface area contributed by atoms with Crippen LogP contribution < -0.4 is 9.04 Å². The van der Waals surface area contributed by atoms with Crippen LogP contribution in [0.25, 0.3) is 23.1 Å². The van der Waals surface area contributed by atoms with E-state index in [0.29, 0.717) is 18.7 Å². The molecule has 26 heavy (non-hydrogen) atoms. The number of sulfonamides is 1. The number of aromatic nitrogens is 2. The van der Waals surface area contributed by atoms with Gasteiger partial charge in [-0.3, -0.25) is 9.40 Å². The number of nitrogens with one attached hydrogen (secondary N) is 1. The molecule has 0 bridgehead atoms. The molecule has 0 unspecified atom stereocenters. The van der Waals surface area contributed by atoms with Gasteiger partial charge in [-0.05, 0) is 48.4 Å². The van der Waals surface area contributed by atoms with E-state index in [9.17, 15) is 8.42 Å². The third kappa shape index (κ3) is 3.06. The molecule has 1 aliphatic heterocycles. The normalized spacial score (nSPS) is 16.6. The Hall–Kier alpha value is -2.80. The maximum Gasteiger partial charge on any atom is 0.235 e. The Morgan fingerprint density at radius 2 is 1.96 bits per heavy atom. The number of ether oxygens (including phenoxy) is 1. The average Bonchev–Trinajstić information content (AvgIpc) is 3.22. The van der Waals surface area contributed by atoms with Crippen LogP contribution in [0.2, 0.25) is 0 Å². The maximum absolute atomic E-state index is 12.2. The number of methoxy groups -OCH3 is 1. The second-order valence-corrected chi connectivity index (χ2v) is 8.20. The molecule has 1 aliphatic rings. The van der Waals surface area contributed by atoms with E-state index >= 15 is 0 Å². The van der Waals surface area contributed by atoms with Crippen molar-refractivity contribution in [2.24, 2.45) is 0 Å². The van der Waals surface area contributed by atoms with Gasteiger partial charge in [-0.2, -0.15) is 5.10 Å². The lowest BCUT2D eigenvalue weighted by molar-refractivity contribution is 0.415. The minimum Gasteiger partial charge on any atom is -0.497 e. The largest absolute Gasteiger partial charge is 0.497 e. The first-order chi connectivity index (χ1) is 12.6. The summed E-state index contributed by atoms with van der Waals surface area (Å²) in [6.45, 7) is 0.530. The Kier molecular flexibility index (Phi) is 4.16. The van der Waals surface area contributed by atoms with Gasteiger partial charge >= 0.3 is 0 Å². The van der Waals surface area contributed by atoms with Gasteiger partial charge in [0, 0.05) is 11.9 Å². The number of aromatic amines is 1. The molecule has 3 aromatic rings. The summed E-state index contributed by atoms with van der Waals surface area (Å²) in [6, 6.07) is 13.3. The number of fused-ring (bicyclic) bond motifs is 1. The molecule has 0 spiro atoms. The molecule has 4 rings (SSSR count). The van der Waals surface area contributed by atoms with Gasteiger partial charge in [0.25, 0.3) is 0 Å². The van der Waals surface area contributed by atoms with Crippen molar-refractivity contribution in [2.75, 3.05) is 23.7 Å². The third-order valence-corrected chi connectivity index (χ3v) is 6.38. The highest BCUT2D eigenvalue weighted by Gasteiger charge is 2.28. The Morgan fingerprint density at radius 3 is 2.65 bits per heavy atom. The summed E-state index contributed by atoms with van der Waals surface area (Å²) in [5.41, 5.74) is 3.37. The van der Waals surface area contributed by atoms with Gasteiger partial charge in [0.15, 0.2) is 0 Å². The number of anilines is 1. The molecule has 7 heteroatoms. The van der Waals surface area contributed by atoms with E-state index in [-0.39, 0.29) is 5.75 Å². The average molecular weight is 369 g/mol. The molecule has 2 heterocycles. The molecule has 1 fully saturated rings. The van der Waals surface area contributed by atoms with Gasteiger partial charge in [0.2, 0.25) is 10.0 Å². The Labute approximate surface area is 152 Å². The lowest BCUT2D eigenvalue weighted by Gasteiger charge is -2.16. The molecule has 0 aliphatic carbocycles. The Bertz CT molecular complexity index is 1070. The number of nitrogens with zero attached hydrogens (tertiary/aromatic N) is 2. The minimum atomic E-state index is -3.19. The van der Waals surface area contributed by atoms with Crippen molar-refractivity contribution in [3.8, 4) is 5.75 Å². The summed E-state index contributed by atoms with van der Waals surface area (Å²) in [6.07, 6.45) is 4.55. The quantitative estimate of drug-likeness (QED) is 0.766. The molecule has 0 saturated carbocycles. The predicted molar refractivity (Wildman–Crippen MR) is 104 cm³/mol. The van der Waals surface area contributed by atoms with Crippen LogP contribution in [-0.4, -0.2) is 38.0 Å². The molecule has 2 aromatic carbocycles. The summed E-state index contributed by atoms with van der Waals surface area (Å²) in [4.78, 5) is 0. The number of rotatable bonds is 4. The van der Waals surface area contributed by atoms with Crippen LogP contribution in [0.3, 0.4) is 0 Å². The zero-order chi connectivity index (χ0) is 18.1. The van der Waals surface area contributed by atoms with Crippen LogP contribution in [0.4, 0.5) is 5.69 Å². The molecule has 0 radical (unpaired) electrons. The third-order valence-electron chi connectivity index (χ3n) is 4.51. The standard InChI is InChI=1S/C19H19N3O3S/c1-25-16-7-3-14(4-8-16)5-9-18-17-13-15(6-10-19(17)21-20-18)22-11-2-12-26(22,23)24/h3-10,13H,2,11-12H2,1H3,(H,20,21)/b9-5+. The van der Waals surface area contributed by atoms with E-state index in [1.807, 2.05) is 54.6 Å². The fourth-order valence-corrected chi connectivity index (χ4v) is 4.68. The van der Waals surface area contributed by atoms with Gasteiger partial charge in [0.1, 0.15) is 5.75 Å². The van der Waals surface area contributed by atoms with Gasteiger partial charge < -0.3 is 4.74 Å². The smallest absolute Gasteiger partial charge is 0.235 e. The van der Waals surface area contributed by atoms with Crippen molar-refractivity contribution in [1.29, 1.82) is 0 Å². The minimum absolute atomic E-state index is 0.209. The van der Waals surface area contributed by atoms with E-state index in [1.165, 1.54) is 4.31 Å². The van der Waals surface area contributed by atoms with E-state index in [0.717, 1.165) is 27.9 Å². The molecule has 1 saturated heterocycles. The molecule has 1 N–H and O–H groups in total. The highest BCUT2D eigenvalue weighted by molar-refractivity contribution is 7.93. The second-order valence-electron chi connectivity index (χ2n) is 6.19. The van der Waals surface area contributed by atoms with Crippen molar-refractivity contribution in [2.45, 2.75) is 6.42 Å². The van der Waals surface area contributed by atoms with Gasteiger partial charge in [-0.1, -0.05) is 18.2 Å². The first-order valence-corrected chi connectivity index (χ1v) is 9.98. The predicted octanol–water partition coefficient (Wildman–Crippen LogP) is 3.28. The molecular weight excluding hydrogens is 350 g/mol. The molecule has 6 nitrogen and oxygen atoms in total. The SMILES string of the molecule is COc1ccc(/C=C/c2n[nH]c3ccc(N4CCCS4(=O)=O)cc23)cc1. The van der Waals surface area contributed by atoms with Crippen LogP contribution in [0, 0.1) is 0 Å². The van der Waals surface area contributed by atoms with Crippen LogP contribution in [0.1, 0.15) is 17.7 Å². The summed E-state index contributed by atoms with van der Waals surface area (Å²) in [5, 5.41) is 8.23. The highest BCUT2D eigenvalue weighted by atomic mass is 32.2. The summed E-state index contributed by atoms with van der Waals surface area (Å²) >= 11 is 0. The zero-order valence-corrected chi connectivity index (χ0v) is 15.2. The van der Waals surface area contributed by atoms with E-state index in [1.54, 1.807) is 7.11 Å². The first kappa shape index (κ1) is 16.7. The van der Waals surface area contributed by atoms with E-state index < -0.39 is 10.0 Å². The number of H-pyrrole nitrogens is 1. The number of hydrogen-bond acceptors (Lipinski definition) is 4. The van der Waals surface area contributed by atoms with Crippen LogP contribution in [0.5, 0.6) is 5.75 Å². The lowest BCUT2D eigenvalue weighted by atomic mass is 10.1. The molecule has 1 aromatic heterocycles. The van der Waals surface area contributed by atoms with Crippen molar-refractivity contribution in [1.82, 2.24) is 10.2 Å². The summed E-state index contributed by atoms with van der Waals surface area (Å²) in [5.74, 6) is 1.02. The van der Waals surface area contributed by atoms with Crippen molar-refractivity contribution >= 4 is 38.8 Å². The van der Waals surface area contributed by atoms with Crippen molar-refractivity contribution in [3.05, 3.63) is 53.7 Å². The van der Waals surface area contributed by atoms with Crippen LogP contribution in [0.15, 0.2) is 42.5 Å².